The summed E-state index contributed by atoms with van der Waals surface area (Å²) in [4.78, 5) is 37.2. The van der Waals surface area contributed by atoms with E-state index in [2.05, 4.69) is 30.9 Å². The number of alkyl halides is 5. The number of imidazole rings is 1. The summed E-state index contributed by atoms with van der Waals surface area (Å²) >= 11 is 13.0. The van der Waals surface area contributed by atoms with Gasteiger partial charge in [-0.3, -0.25) is 9.59 Å². The summed E-state index contributed by atoms with van der Waals surface area (Å²) in [6.07, 6.45) is -5.85. The number of ether oxygens (including phenoxy) is 2. The lowest BCUT2D eigenvalue weighted by atomic mass is 9.85. The molecule has 1 unspecified atom stereocenters. The topological polar surface area (TPSA) is 130 Å². The number of carbonyl (C=O) groups is 2. The number of halogens is 7. The molecule has 0 spiro atoms. The zero-order valence-corrected chi connectivity index (χ0v) is 26.0. The molecular weight excluding hydrogens is 662 g/mol. The highest BCUT2D eigenvalue weighted by atomic mass is 35.5. The zero-order chi connectivity index (χ0) is 33.2. The second-order valence-electron chi connectivity index (χ2n) is 11.4. The maximum Gasteiger partial charge on any atom is 0.391 e. The Bertz CT molecular complexity index is 1590. The molecule has 17 heteroatoms. The first-order valence-corrected chi connectivity index (χ1v) is 15.3. The fourth-order valence-corrected chi connectivity index (χ4v) is 6.05. The van der Waals surface area contributed by atoms with Crippen LogP contribution in [0.15, 0.2) is 18.2 Å². The minimum atomic E-state index is -4.30. The fraction of sp³-hybridized carbons (Fsp3) is 0.517. The predicted octanol–water partition coefficient (Wildman–Crippen LogP) is 6.69. The molecule has 10 nitrogen and oxygen atoms in total. The van der Waals surface area contributed by atoms with E-state index in [1.54, 1.807) is 19.1 Å². The lowest BCUT2D eigenvalue weighted by Crippen LogP contribution is -2.43. The van der Waals surface area contributed by atoms with Crippen LogP contribution in [0.4, 0.5) is 33.6 Å². The number of nitrogens with zero attached hydrogens (tertiary/aromatic N) is 2. The van der Waals surface area contributed by atoms with Gasteiger partial charge < -0.3 is 30.4 Å². The highest BCUT2D eigenvalue weighted by Gasteiger charge is 2.42. The van der Waals surface area contributed by atoms with Crippen LogP contribution in [0, 0.1) is 5.92 Å². The van der Waals surface area contributed by atoms with E-state index in [1.165, 1.54) is 6.07 Å². The number of anilines is 2. The minimum Gasteiger partial charge on any atom is -0.471 e. The molecule has 3 heterocycles. The number of benzene rings is 1. The Morgan fingerprint density at radius 3 is 2.57 bits per heavy atom. The molecule has 1 aliphatic heterocycles. The Morgan fingerprint density at radius 1 is 1.17 bits per heavy atom. The molecule has 2 aliphatic rings. The summed E-state index contributed by atoms with van der Waals surface area (Å²) in [6, 6.07) is 3.99. The van der Waals surface area contributed by atoms with Gasteiger partial charge in [0.2, 0.25) is 11.8 Å². The van der Waals surface area contributed by atoms with Gasteiger partial charge in [0.25, 0.3) is 18.2 Å². The third kappa shape index (κ3) is 7.74. The van der Waals surface area contributed by atoms with Crippen LogP contribution < -0.4 is 20.7 Å². The average molecular weight is 694 g/mol. The summed E-state index contributed by atoms with van der Waals surface area (Å²) in [6.45, 7) is 1.27. The molecule has 46 heavy (non-hydrogen) atoms. The van der Waals surface area contributed by atoms with Crippen molar-refractivity contribution in [1.82, 2.24) is 25.6 Å². The largest absolute Gasteiger partial charge is 0.471 e. The minimum absolute atomic E-state index is 0.00877. The second kappa shape index (κ2) is 13.7. The van der Waals surface area contributed by atoms with Crippen molar-refractivity contribution in [2.24, 2.45) is 5.92 Å². The first kappa shape index (κ1) is 33.9. The van der Waals surface area contributed by atoms with Gasteiger partial charge in [0, 0.05) is 19.2 Å². The van der Waals surface area contributed by atoms with Crippen molar-refractivity contribution in [2.45, 2.75) is 76.2 Å². The molecule has 1 aliphatic carbocycles. The number of H-pyrrole nitrogens is 1. The number of hydrogen-bond acceptors (Lipinski definition) is 7. The Labute approximate surface area is 270 Å². The van der Waals surface area contributed by atoms with E-state index >= 15 is 0 Å². The van der Waals surface area contributed by atoms with Crippen molar-refractivity contribution in [1.29, 1.82) is 0 Å². The van der Waals surface area contributed by atoms with Crippen molar-refractivity contribution >= 4 is 57.8 Å². The molecule has 250 valence electrons. The highest BCUT2D eigenvalue weighted by Crippen LogP contribution is 2.38. The number of nitrogens with one attached hydrogen (secondary N) is 4. The van der Waals surface area contributed by atoms with Crippen molar-refractivity contribution in [2.75, 3.05) is 18.5 Å². The maximum atomic E-state index is 13.2. The molecule has 5 rings (SSSR count). The van der Waals surface area contributed by atoms with Crippen LogP contribution in [0.5, 0.6) is 5.88 Å². The monoisotopic (exact) mass is 692 g/mol. The number of amides is 2. The summed E-state index contributed by atoms with van der Waals surface area (Å²) in [5.41, 5.74) is -0.0906. The summed E-state index contributed by atoms with van der Waals surface area (Å²) in [5.74, 6) is -2.78. The average Bonchev–Trinajstić information content (AvgIpc) is 3.63. The SMILES string of the molecule is CC1(C(=O)NCc2ccc(Cl)c(Nc3nc4nc(OCC(F)F)c(C(=O)N[C@H]5CC[C@H](C(F)(F)F)CC5)cc4[nH]3)c2Cl)CCCO1. The Balaban J connectivity index is 1.34. The van der Waals surface area contributed by atoms with Crippen LogP contribution in [0.1, 0.15) is 61.4 Å². The summed E-state index contributed by atoms with van der Waals surface area (Å²) in [5, 5.41) is 8.88. The molecular formula is C29H31Cl2F5N6O4. The predicted molar refractivity (Wildman–Crippen MR) is 160 cm³/mol. The first-order valence-electron chi connectivity index (χ1n) is 14.6. The first-order chi connectivity index (χ1) is 21.7. The van der Waals surface area contributed by atoms with Gasteiger partial charge in [0.1, 0.15) is 11.2 Å². The standard InChI is InChI=1S/C29H31Cl2F5N6O4/c1-28(9-2-10-46-28)26(44)37-12-14-3-8-18(30)22(21(14)31)40-27-39-19-11-17(25(41-23(19)42-27)45-13-20(32)33)24(43)38-16-6-4-15(5-7-16)29(34,35)36/h3,8,11,15-16,20H,2,4-7,9-10,12-13H2,1H3,(H,37,44)(H,38,43)(H2,39,40,41,42)/t15-,16-,28?. The van der Waals surface area contributed by atoms with Crippen LogP contribution in [0.25, 0.3) is 11.2 Å². The molecule has 3 aromatic rings. The number of rotatable bonds is 10. The number of aromatic nitrogens is 3. The normalized spacial score (nSPS) is 21.8. The van der Waals surface area contributed by atoms with E-state index in [9.17, 15) is 31.5 Å². The van der Waals surface area contributed by atoms with E-state index in [1.807, 2.05) is 0 Å². The number of fused-ring (bicyclic) bond motifs is 1. The molecule has 2 aromatic heterocycles. The van der Waals surface area contributed by atoms with Gasteiger partial charge in [0.15, 0.2) is 12.3 Å². The zero-order valence-electron chi connectivity index (χ0n) is 24.5. The van der Waals surface area contributed by atoms with Gasteiger partial charge in [-0.1, -0.05) is 29.3 Å². The van der Waals surface area contributed by atoms with Crippen LogP contribution in [0.2, 0.25) is 10.0 Å². The molecule has 0 bridgehead atoms. The smallest absolute Gasteiger partial charge is 0.391 e. The van der Waals surface area contributed by atoms with Gasteiger partial charge >= 0.3 is 6.18 Å². The number of hydrogen-bond donors (Lipinski definition) is 4. The van der Waals surface area contributed by atoms with Gasteiger partial charge in [-0.15, -0.1) is 0 Å². The maximum absolute atomic E-state index is 13.2. The molecule has 4 N–H and O–H groups in total. The second-order valence-corrected chi connectivity index (χ2v) is 12.2. The lowest BCUT2D eigenvalue weighted by molar-refractivity contribution is -0.182. The summed E-state index contributed by atoms with van der Waals surface area (Å²) < 4.78 is 75.9. The Kier molecular flexibility index (Phi) is 10.1. The molecule has 1 saturated carbocycles. The molecule has 1 aromatic carbocycles. The molecule has 2 fully saturated rings. The van der Waals surface area contributed by atoms with Crippen molar-refractivity contribution in [3.8, 4) is 5.88 Å². The van der Waals surface area contributed by atoms with E-state index in [4.69, 9.17) is 32.7 Å². The lowest BCUT2D eigenvalue weighted by Gasteiger charge is -2.30. The third-order valence-corrected chi connectivity index (χ3v) is 8.85. The molecule has 2 amide bonds. The van der Waals surface area contributed by atoms with Gasteiger partial charge in [0.05, 0.1) is 27.2 Å². The van der Waals surface area contributed by atoms with E-state index in [-0.39, 0.29) is 76.5 Å². The van der Waals surface area contributed by atoms with Gasteiger partial charge in [-0.25, -0.2) is 8.78 Å². The number of carbonyl (C=O) groups excluding carboxylic acids is 2. The quantitative estimate of drug-likeness (QED) is 0.174. The fourth-order valence-electron chi connectivity index (χ4n) is 5.51. The number of pyridine rings is 1. The molecule has 1 saturated heterocycles. The van der Waals surface area contributed by atoms with Crippen molar-refractivity contribution in [3.63, 3.8) is 0 Å². The van der Waals surface area contributed by atoms with Gasteiger partial charge in [-0.05, 0) is 63.1 Å². The third-order valence-electron chi connectivity index (χ3n) is 8.11. The van der Waals surface area contributed by atoms with Crippen LogP contribution >= 0.6 is 23.2 Å². The number of aromatic amines is 1. The van der Waals surface area contributed by atoms with Crippen LogP contribution in [-0.4, -0.2) is 64.2 Å². The van der Waals surface area contributed by atoms with E-state index in [0.717, 1.165) is 6.42 Å². The highest BCUT2D eigenvalue weighted by molar-refractivity contribution is 6.39. The van der Waals surface area contributed by atoms with E-state index < -0.39 is 48.6 Å². The Hall–Kier alpha value is -3.43. The van der Waals surface area contributed by atoms with Crippen molar-refractivity contribution < 1.29 is 41.0 Å². The van der Waals surface area contributed by atoms with Crippen LogP contribution in [0.3, 0.4) is 0 Å². The van der Waals surface area contributed by atoms with E-state index in [0.29, 0.717) is 18.6 Å². The molecule has 1 atom stereocenters. The van der Waals surface area contributed by atoms with Crippen LogP contribution in [-0.2, 0) is 16.1 Å². The van der Waals surface area contributed by atoms with Crippen molar-refractivity contribution in [3.05, 3.63) is 39.4 Å². The van der Waals surface area contributed by atoms with Gasteiger partial charge in [-0.2, -0.15) is 23.1 Å². The summed E-state index contributed by atoms with van der Waals surface area (Å²) in [7, 11) is 0. The Morgan fingerprint density at radius 2 is 1.91 bits per heavy atom. The molecule has 0 radical (unpaired) electrons.